The van der Waals surface area contributed by atoms with Crippen molar-refractivity contribution in [3.8, 4) is 17.2 Å². The first kappa shape index (κ1) is 20.7. The maximum absolute atomic E-state index is 12.3. The summed E-state index contributed by atoms with van der Waals surface area (Å²) in [7, 11) is 3.05. The molecule has 0 unspecified atom stereocenters. The van der Waals surface area contributed by atoms with Crippen molar-refractivity contribution >= 4 is 11.8 Å². The zero-order chi connectivity index (χ0) is 21.3. The molecule has 7 nitrogen and oxygen atoms in total. The van der Waals surface area contributed by atoms with E-state index in [0.717, 1.165) is 5.56 Å². The fraction of sp³-hybridized carbons (Fsp3) is 0.130. The molecule has 3 aromatic carbocycles. The summed E-state index contributed by atoms with van der Waals surface area (Å²) in [6.07, 6.45) is 0. The van der Waals surface area contributed by atoms with Gasteiger partial charge in [0, 0.05) is 5.56 Å². The van der Waals surface area contributed by atoms with Gasteiger partial charge in [-0.15, -0.1) is 0 Å². The Balaban J connectivity index is 1.65. The molecule has 0 amide bonds. The molecule has 2 N–H and O–H groups in total. The standard InChI is InChI=1S/C23H22N2O5/c1-27-20-12-11-17(14-21(20)28-2)22(24)25-30-23(26)18-9-6-10-19(13-18)29-15-16-7-4-3-5-8-16/h3-14H,15H2,1-2H3,(H2,24,25). The van der Waals surface area contributed by atoms with Gasteiger partial charge in [-0.05, 0) is 42.0 Å². The Labute approximate surface area is 174 Å². The van der Waals surface area contributed by atoms with Crippen LogP contribution in [-0.2, 0) is 11.4 Å². The molecule has 0 aliphatic carbocycles. The van der Waals surface area contributed by atoms with E-state index >= 15 is 0 Å². The first-order chi connectivity index (χ1) is 14.6. The predicted octanol–water partition coefficient (Wildman–Crippen LogP) is 3.76. The molecular weight excluding hydrogens is 384 g/mol. The highest BCUT2D eigenvalue weighted by atomic mass is 16.7. The number of ether oxygens (including phenoxy) is 3. The van der Waals surface area contributed by atoms with E-state index in [1.807, 2.05) is 30.3 Å². The molecule has 0 radical (unpaired) electrons. The maximum Gasteiger partial charge on any atom is 0.365 e. The number of rotatable bonds is 8. The average molecular weight is 406 g/mol. The smallest absolute Gasteiger partial charge is 0.365 e. The third-order valence-corrected chi connectivity index (χ3v) is 4.22. The average Bonchev–Trinajstić information content (AvgIpc) is 2.81. The molecule has 7 heteroatoms. The van der Waals surface area contributed by atoms with Crippen LogP contribution in [0.4, 0.5) is 0 Å². The number of carbonyl (C=O) groups is 1. The quantitative estimate of drug-likeness (QED) is 0.265. The van der Waals surface area contributed by atoms with E-state index < -0.39 is 5.97 Å². The van der Waals surface area contributed by atoms with E-state index in [1.165, 1.54) is 14.2 Å². The van der Waals surface area contributed by atoms with Crippen LogP contribution in [0.2, 0.25) is 0 Å². The number of methoxy groups -OCH3 is 2. The summed E-state index contributed by atoms with van der Waals surface area (Å²) in [4.78, 5) is 17.3. The minimum absolute atomic E-state index is 0.0285. The highest BCUT2D eigenvalue weighted by Crippen LogP contribution is 2.27. The molecule has 3 aromatic rings. The van der Waals surface area contributed by atoms with E-state index in [9.17, 15) is 4.79 Å². The van der Waals surface area contributed by atoms with Crippen molar-refractivity contribution in [2.75, 3.05) is 14.2 Å². The molecule has 3 rings (SSSR count). The van der Waals surface area contributed by atoms with Crippen LogP contribution < -0.4 is 19.9 Å². The fourth-order valence-electron chi connectivity index (χ4n) is 2.65. The zero-order valence-electron chi connectivity index (χ0n) is 16.7. The monoisotopic (exact) mass is 406 g/mol. The molecule has 154 valence electrons. The predicted molar refractivity (Wildman–Crippen MR) is 113 cm³/mol. The summed E-state index contributed by atoms with van der Waals surface area (Å²) in [5, 5.41) is 3.73. The van der Waals surface area contributed by atoms with E-state index in [0.29, 0.717) is 35.0 Å². The van der Waals surface area contributed by atoms with E-state index in [-0.39, 0.29) is 5.84 Å². The van der Waals surface area contributed by atoms with Crippen molar-refractivity contribution in [1.82, 2.24) is 0 Å². The zero-order valence-corrected chi connectivity index (χ0v) is 16.7. The molecule has 0 aliphatic heterocycles. The molecule has 30 heavy (non-hydrogen) atoms. The van der Waals surface area contributed by atoms with Crippen molar-refractivity contribution in [3.05, 3.63) is 89.5 Å². The van der Waals surface area contributed by atoms with Gasteiger partial charge >= 0.3 is 5.97 Å². The van der Waals surface area contributed by atoms with Gasteiger partial charge in [-0.1, -0.05) is 41.6 Å². The summed E-state index contributed by atoms with van der Waals surface area (Å²) in [6.45, 7) is 0.393. The van der Waals surface area contributed by atoms with Gasteiger partial charge in [-0.25, -0.2) is 4.79 Å². The topological polar surface area (TPSA) is 92.4 Å². The van der Waals surface area contributed by atoms with Crippen molar-refractivity contribution in [3.63, 3.8) is 0 Å². The largest absolute Gasteiger partial charge is 0.493 e. The van der Waals surface area contributed by atoms with Crippen LogP contribution in [0.3, 0.4) is 0 Å². The molecule has 0 aliphatic rings. The molecule has 0 saturated heterocycles. The number of carbonyl (C=O) groups excluding carboxylic acids is 1. The lowest BCUT2D eigenvalue weighted by Gasteiger charge is -2.09. The summed E-state index contributed by atoms with van der Waals surface area (Å²) >= 11 is 0. The summed E-state index contributed by atoms with van der Waals surface area (Å²) < 4.78 is 16.1. The Bertz CT molecular complexity index is 1030. The van der Waals surface area contributed by atoms with Gasteiger partial charge in [-0.2, -0.15) is 0 Å². The Kier molecular flexibility index (Phi) is 6.89. The first-order valence-electron chi connectivity index (χ1n) is 9.14. The Morgan fingerprint density at radius 2 is 1.63 bits per heavy atom. The van der Waals surface area contributed by atoms with Crippen LogP contribution in [-0.4, -0.2) is 26.0 Å². The lowest BCUT2D eigenvalue weighted by Crippen LogP contribution is -2.15. The van der Waals surface area contributed by atoms with Crippen molar-refractivity contribution in [2.24, 2.45) is 10.9 Å². The first-order valence-corrected chi connectivity index (χ1v) is 9.14. The lowest BCUT2D eigenvalue weighted by molar-refractivity contribution is 0.0515. The number of nitrogens with zero attached hydrogens (tertiary/aromatic N) is 1. The minimum atomic E-state index is -0.649. The van der Waals surface area contributed by atoms with Crippen molar-refractivity contribution in [2.45, 2.75) is 6.61 Å². The number of hydrogen-bond donors (Lipinski definition) is 1. The summed E-state index contributed by atoms with van der Waals surface area (Å²) in [5.41, 5.74) is 7.78. The molecule has 0 bridgehead atoms. The second-order valence-corrected chi connectivity index (χ2v) is 6.23. The van der Waals surface area contributed by atoms with Gasteiger partial charge in [0.05, 0.1) is 19.8 Å². The number of nitrogens with two attached hydrogens (primary N) is 1. The number of hydrogen-bond acceptors (Lipinski definition) is 6. The molecule has 0 fully saturated rings. The van der Waals surface area contributed by atoms with Gasteiger partial charge in [-0.3, -0.25) is 0 Å². The molecule has 0 saturated carbocycles. The van der Waals surface area contributed by atoms with Crippen LogP contribution >= 0.6 is 0 Å². The van der Waals surface area contributed by atoms with E-state index in [1.54, 1.807) is 42.5 Å². The van der Waals surface area contributed by atoms with E-state index in [2.05, 4.69) is 5.16 Å². The molecular formula is C23H22N2O5. The summed E-state index contributed by atoms with van der Waals surface area (Å²) in [5.74, 6) is 0.968. The SMILES string of the molecule is COc1ccc(/C(N)=N\OC(=O)c2cccc(OCc3ccccc3)c2)cc1OC. The normalized spacial score (nSPS) is 10.9. The van der Waals surface area contributed by atoms with Gasteiger partial charge in [0.25, 0.3) is 0 Å². The highest BCUT2D eigenvalue weighted by molar-refractivity contribution is 5.98. The highest BCUT2D eigenvalue weighted by Gasteiger charge is 2.11. The molecule has 0 heterocycles. The molecule has 0 atom stereocenters. The van der Waals surface area contributed by atoms with Crippen LogP contribution in [0, 0.1) is 0 Å². The second-order valence-electron chi connectivity index (χ2n) is 6.23. The van der Waals surface area contributed by atoms with Crippen LogP contribution in [0.15, 0.2) is 78.0 Å². The van der Waals surface area contributed by atoms with Crippen molar-refractivity contribution < 1.29 is 23.8 Å². The van der Waals surface area contributed by atoms with Crippen molar-refractivity contribution in [1.29, 1.82) is 0 Å². The summed E-state index contributed by atoms with van der Waals surface area (Å²) in [6, 6.07) is 21.4. The molecule has 0 aromatic heterocycles. The number of amidine groups is 1. The fourth-order valence-corrected chi connectivity index (χ4v) is 2.65. The third-order valence-electron chi connectivity index (χ3n) is 4.22. The minimum Gasteiger partial charge on any atom is -0.493 e. The van der Waals surface area contributed by atoms with Crippen LogP contribution in [0.5, 0.6) is 17.2 Å². The Morgan fingerprint density at radius 1 is 0.867 bits per heavy atom. The van der Waals surface area contributed by atoms with Gasteiger partial charge in [0.15, 0.2) is 17.3 Å². The van der Waals surface area contributed by atoms with Gasteiger partial charge < -0.3 is 24.8 Å². The van der Waals surface area contributed by atoms with Gasteiger partial charge in [0.2, 0.25) is 0 Å². The van der Waals surface area contributed by atoms with Crippen LogP contribution in [0.25, 0.3) is 0 Å². The maximum atomic E-state index is 12.3. The third kappa shape index (κ3) is 5.29. The van der Waals surface area contributed by atoms with E-state index in [4.69, 9.17) is 24.8 Å². The Hall–Kier alpha value is -4.00. The number of benzene rings is 3. The lowest BCUT2D eigenvalue weighted by atomic mass is 10.2. The van der Waals surface area contributed by atoms with Gasteiger partial charge in [0.1, 0.15) is 12.4 Å². The Morgan fingerprint density at radius 3 is 2.37 bits per heavy atom. The second kappa shape index (κ2) is 9.97. The number of oxime groups is 1. The molecule has 0 spiro atoms. The van der Waals surface area contributed by atoms with Crippen LogP contribution in [0.1, 0.15) is 21.5 Å².